The summed E-state index contributed by atoms with van der Waals surface area (Å²) in [7, 11) is 0. The van der Waals surface area contributed by atoms with Gasteiger partial charge in [-0.3, -0.25) is 0 Å². The van der Waals surface area contributed by atoms with Crippen LogP contribution in [0.25, 0.3) is 0 Å². The minimum absolute atomic E-state index is 0.707. The van der Waals surface area contributed by atoms with Crippen LogP contribution < -0.4 is 5.32 Å². The van der Waals surface area contributed by atoms with Crippen LogP contribution in [0.2, 0.25) is 0 Å². The molecule has 0 saturated heterocycles. The summed E-state index contributed by atoms with van der Waals surface area (Å²) in [5.41, 5.74) is 2.25. The molecule has 0 aliphatic heterocycles. The van der Waals surface area contributed by atoms with Crippen LogP contribution in [0, 0.1) is 6.92 Å². The van der Waals surface area contributed by atoms with Gasteiger partial charge in [0.15, 0.2) is 0 Å². The van der Waals surface area contributed by atoms with Crippen molar-refractivity contribution in [3.8, 4) is 0 Å². The highest BCUT2D eigenvalue weighted by molar-refractivity contribution is 9.10. The Morgan fingerprint density at radius 3 is 2.40 bits per heavy atom. The first-order chi connectivity index (χ1) is 9.63. The topological polar surface area (TPSA) is 12.0 Å². The zero-order valence-corrected chi connectivity index (χ0v) is 14.2. The van der Waals surface area contributed by atoms with Crippen LogP contribution in [0.5, 0.6) is 0 Å². The summed E-state index contributed by atoms with van der Waals surface area (Å²) in [6.07, 6.45) is 1.90. The van der Waals surface area contributed by atoms with E-state index in [1.54, 1.807) is 11.8 Å². The number of aryl methyl sites for hydroxylation is 1. The summed E-state index contributed by atoms with van der Waals surface area (Å²) in [4.78, 5) is 1.89. The predicted molar refractivity (Wildman–Crippen MR) is 96.5 cm³/mol. The molecule has 0 atom stereocenters. The molecule has 0 radical (unpaired) electrons. The highest BCUT2D eigenvalue weighted by atomic mass is 79.9. The number of rotatable bonds is 4. The van der Waals surface area contributed by atoms with Crippen molar-refractivity contribution in [2.75, 3.05) is 5.32 Å². The second kappa shape index (κ2) is 7.62. The van der Waals surface area contributed by atoms with Gasteiger partial charge in [-0.05, 0) is 54.8 Å². The first-order valence-electron chi connectivity index (χ1n) is 6.10. The number of thioether (sulfide) groups is 1. The predicted octanol–water partition coefficient (Wildman–Crippen LogP) is 5.80. The second-order valence-electron chi connectivity index (χ2n) is 4.23. The third-order valence-electron chi connectivity index (χ3n) is 2.56. The van der Waals surface area contributed by atoms with Crippen LogP contribution in [0.4, 0.5) is 5.69 Å². The lowest BCUT2D eigenvalue weighted by molar-refractivity contribution is 1.45. The van der Waals surface area contributed by atoms with E-state index in [9.17, 15) is 0 Å². The Balaban J connectivity index is 1.86. The van der Waals surface area contributed by atoms with Gasteiger partial charge in [0.05, 0.1) is 0 Å². The molecule has 0 aromatic heterocycles. The lowest BCUT2D eigenvalue weighted by atomic mass is 10.2. The molecule has 0 unspecified atom stereocenters. The van der Waals surface area contributed by atoms with Gasteiger partial charge in [0.2, 0.25) is 0 Å². The Bertz CT molecular complexity index is 603. The zero-order valence-electron chi connectivity index (χ0n) is 11.0. The molecule has 0 saturated carbocycles. The second-order valence-corrected chi connectivity index (χ2v) is 6.56. The minimum atomic E-state index is 0.707. The van der Waals surface area contributed by atoms with Crippen molar-refractivity contribution in [1.82, 2.24) is 0 Å². The van der Waals surface area contributed by atoms with E-state index >= 15 is 0 Å². The molecule has 0 fully saturated rings. The number of halogens is 1. The third kappa shape index (κ3) is 5.12. The summed E-state index contributed by atoms with van der Waals surface area (Å²) in [6.45, 7) is 2.07. The van der Waals surface area contributed by atoms with Gasteiger partial charge in [-0.15, -0.1) is 0 Å². The van der Waals surface area contributed by atoms with Gasteiger partial charge in [0.25, 0.3) is 0 Å². The highest BCUT2D eigenvalue weighted by Gasteiger charge is 1.94. The van der Waals surface area contributed by atoms with Crippen molar-refractivity contribution in [1.29, 1.82) is 0 Å². The monoisotopic (exact) mass is 363 g/mol. The van der Waals surface area contributed by atoms with E-state index in [4.69, 9.17) is 12.2 Å². The molecular formula is C16H14BrNS2. The van der Waals surface area contributed by atoms with Crippen molar-refractivity contribution in [3.63, 3.8) is 0 Å². The van der Waals surface area contributed by atoms with Gasteiger partial charge in [0, 0.05) is 15.1 Å². The zero-order chi connectivity index (χ0) is 14.4. The van der Waals surface area contributed by atoms with Crippen molar-refractivity contribution < 1.29 is 0 Å². The largest absolute Gasteiger partial charge is 0.347 e. The van der Waals surface area contributed by atoms with Crippen LogP contribution in [0.1, 0.15) is 5.56 Å². The fraction of sp³-hybridized carbons (Fsp3) is 0.0625. The lowest BCUT2D eigenvalue weighted by Crippen LogP contribution is -2.04. The van der Waals surface area contributed by atoms with Crippen LogP contribution >= 0.6 is 39.9 Å². The summed E-state index contributed by atoms with van der Waals surface area (Å²) in [6, 6.07) is 16.4. The number of hydrogen-bond acceptors (Lipinski definition) is 2. The summed E-state index contributed by atoms with van der Waals surface area (Å²) >= 11 is 10.3. The number of thiocarbonyl (C=S) groups is 1. The average molecular weight is 364 g/mol. The smallest absolute Gasteiger partial charge is 0.104 e. The molecule has 2 aromatic carbocycles. The van der Waals surface area contributed by atoms with Crippen LogP contribution in [0.3, 0.4) is 0 Å². The molecule has 2 aromatic rings. The number of nitrogens with one attached hydrogen (secondary N) is 1. The summed E-state index contributed by atoms with van der Waals surface area (Å²) in [5, 5.41) is 5.18. The Hall–Kier alpha value is -1.10. The van der Waals surface area contributed by atoms with E-state index in [0.29, 0.717) is 4.99 Å². The first kappa shape index (κ1) is 15.3. The van der Waals surface area contributed by atoms with Crippen molar-refractivity contribution >= 4 is 50.6 Å². The average Bonchev–Trinajstić information content (AvgIpc) is 2.44. The number of benzene rings is 2. The van der Waals surface area contributed by atoms with E-state index in [-0.39, 0.29) is 0 Å². The molecule has 20 heavy (non-hydrogen) atoms. The van der Waals surface area contributed by atoms with Crippen LogP contribution in [0.15, 0.2) is 69.4 Å². The van der Waals surface area contributed by atoms with Gasteiger partial charge in [-0.2, -0.15) is 0 Å². The maximum atomic E-state index is 5.29. The van der Waals surface area contributed by atoms with Gasteiger partial charge >= 0.3 is 0 Å². The Labute approximate surface area is 137 Å². The molecule has 0 amide bonds. The maximum Gasteiger partial charge on any atom is 0.104 e. The fourth-order valence-corrected chi connectivity index (χ4v) is 2.70. The molecule has 0 heterocycles. The molecule has 0 bridgehead atoms. The molecule has 102 valence electrons. The molecule has 4 heteroatoms. The van der Waals surface area contributed by atoms with Crippen molar-refractivity contribution in [3.05, 3.63) is 70.1 Å². The molecular weight excluding hydrogens is 350 g/mol. The molecule has 0 spiro atoms. The summed E-state index contributed by atoms with van der Waals surface area (Å²) in [5.74, 6) is 0. The van der Waals surface area contributed by atoms with E-state index < -0.39 is 0 Å². The molecule has 2 rings (SSSR count). The first-order valence-corrected chi connectivity index (χ1v) is 8.18. The van der Waals surface area contributed by atoms with Crippen molar-refractivity contribution in [2.24, 2.45) is 0 Å². The SMILES string of the molecule is Cc1ccc(NC(=S)C=CSc2ccc(Br)cc2)cc1. The molecule has 1 nitrogen and oxygen atoms in total. The Morgan fingerprint density at radius 2 is 1.75 bits per heavy atom. The normalized spacial score (nSPS) is 10.7. The van der Waals surface area contributed by atoms with Gasteiger partial charge in [-0.25, -0.2) is 0 Å². The number of hydrogen-bond donors (Lipinski definition) is 1. The van der Waals surface area contributed by atoms with Crippen LogP contribution in [-0.2, 0) is 0 Å². The van der Waals surface area contributed by atoms with Crippen molar-refractivity contribution in [2.45, 2.75) is 11.8 Å². The highest BCUT2D eigenvalue weighted by Crippen LogP contribution is 2.21. The van der Waals surface area contributed by atoms with E-state index in [0.717, 1.165) is 10.2 Å². The maximum absolute atomic E-state index is 5.29. The molecule has 0 aliphatic carbocycles. The van der Waals surface area contributed by atoms with Gasteiger partial charge < -0.3 is 5.32 Å². The quantitative estimate of drug-likeness (QED) is 0.418. The molecule has 1 N–H and O–H groups in total. The van der Waals surface area contributed by atoms with E-state index in [2.05, 4.69) is 52.4 Å². The number of anilines is 1. The Morgan fingerprint density at radius 1 is 1.10 bits per heavy atom. The standard InChI is InChI=1S/C16H14BrNS2/c1-12-2-6-14(7-3-12)18-16(19)10-11-20-15-8-4-13(17)5-9-15/h2-11H,1H3,(H,18,19). The van der Waals surface area contributed by atoms with Gasteiger partial charge in [-0.1, -0.05) is 57.6 Å². The molecule has 0 aliphatic rings. The van der Waals surface area contributed by atoms with Crippen LogP contribution in [-0.4, -0.2) is 4.99 Å². The van der Waals surface area contributed by atoms with E-state index in [1.807, 2.05) is 35.7 Å². The minimum Gasteiger partial charge on any atom is -0.347 e. The summed E-state index contributed by atoms with van der Waals surface area (Å²) < 4.78 is 1.09. The Kier molecular flexibility index (Phi) is 5.83. The lowest BCUT2D eigenvalue weighted by Gasteiger charge is -2.04. The van der Waals surface area contributed by atoms with Gasteiger partial charge in [0.1, 0.15) is 4.99 Å². The fourth-order valence-electron chi connectivity index (χ4n) is 1.51. The van der Waals surface area contributed by atoms with E-state index in [1.165, 1.54) is 10.5 Å². The third-order valence-corrected chi connectivity index (χ3v) is 4.14.